The second-order valence-electron chi connectivity index (χ2n) is 5.61. The number of thiophene rings is 1. The maximum Gasteiger partial charge on any atom is 0.316 e. The molecule has 2 aromatic rings. The van der Waals surface area contributed by atoms with Crippen molar-refractivity contribution >= 4 is 39.3 Å². The largest absolute Gasteiger partial charge is 0.468 e. The molecule has 1 aliphatic rings. The molecule has 3 rings (SSSR count). The molecule has 124 valence electrons. The van der Waals surface area contributed by atoms with E-state index in [9.17, 15) is 9.59 Å². The van der Waals surface area contributed by atoms with Crippen LogP contribution in [0.4, 0.5) is 0 Å². The van der Waals surface area contributed by atoms with Gasteiger partial charge >= 0.3 is 5.97 Å². The topological polar surface area (TPSA) is 61.2 Å². The van der Waals surface area contributed by atoms with Crippen LogP contribution in [-0.2, 0) is 28.9 Å². The Morgan fingerprint density at radius 1 is 1.43 bits per heavy atom. The van der Waals surface area contributed by atoms with Crippen molar-refractivity contribution in [3.05, 3.63) is 20.8 Å². The number of carbonyl (C=O) groups excluding carboxylic acids is 1. The van der Waals surface area contributed by atoms with Crippen molar-refractivity contribution in [2.24, 2.45) is 0 Å². The maximum atomic E-state index is 13.0. The number of esters is 1. The Kier molecular flexibility index (Phi) is 5.06. The number of nitrogens with zero attached hydrogens (tertiary/aromatic N) is 2. The number of ether oxygens (including phenoxy) is 1. The monoisotopic (exact) mass is 352 g/mol. The summed E-state index contributed by atoms with van der Waals surface area (Å²) in [6.45, 7) is 2.74. The molecule has 0 saturated carbocycles. The number of hydrogen-bond acceptors (Lipinski definition) is 6. The zero-order chi connectivity index (χ0) is 16.4. The number of thioether (sulfide) groups is 1. The average molecular weight is 352 g/mol. The van der Waals surface area contributed by atoms with Crippen LogP contribution in [0.25, 0.3) is 10.2 Å². The molecule has 1 aliphatic carbocycles. The number of carbonyl (C=O) groups is 1. The summed E-state index contributed by atoms with van der Waals surface area (Å²) < 4.78 is 6.43. The van der Waals surface area contributed by atoms with Gasteiger partial charge in [0, 0.05) is 11.4 Å². The van der Waals surface area contributed by atoms with Crippen LogP contribution in [-0.4, -0.2) is 28.4 Å². The molecule has 0 aromatic carbocycles. The van der Waals surface area contributed by atoms with Gasteiger partial charge in [0.15, 0.2) is 5.16 Å². The van der Waals surface area contributed by atoms with Crippen LogP contribution in [0.15, 0.2) is 9.95 Å². The molecule has 0 saturated heterocycles. The first kappa shape index (κ1) is 16.5. The highest BCUT2D eigenvalue weighted by Gasteiger charge is 2.23. The highest BCUT2D eigenvalue weighted by molar-refractivity contribution is 7.99. The fourth-order valence-corrected chi connectivity index (χ4v) is 5.02. The minimum Gasteiger partial charge on any atom is -0.468 e. The molecule has 0 bridgehead atoms. The molecule has 2 aromatic heterocycles. The van der Waals surface area contributed by atoms with Gasteiger partial charge in [0.2, 0.25) is 0 Å². The van der Waals surface area contributed by atoms with Crippen molar-refractivity contribution in [2.75, 3.05) is 12.9 Å². The molecule has 0 fully saturated rings. The molecule has 0 radical (unpaired) electrons. The summed E-state index contributed by atoms with van der Waals surface area (Å²) in [5, 5.41) is 1.43. The third kappa shape index (κ3) is 3.17. The van der Waals surface area contributed by atoms with Gasteiger partial charge in [-0.3, -0.25) is 14.2 Å². The van der Waals surface area contributed by atoms with E-state index in [0.717, 1.165) is 42.3 Å². The van der Waals surface area contributed by atoms with Crippen LogP contribution in [0, 0.1) is 0 Å². The second kappa shape index (κ2) is 7.05. The van der Waals surface area contributed by atoms with E-state index in [1.165, 1.54) is 29.3 Å². The quantitative estimate of drug-likeness (QED) is 0.454. The van der Waals surface area contributed by atoms with Crippen LogP contribution in [0.5, 0.6) is 0 Å². The van der Waals surface area contributed by atoms with Crippen molar-refractivity contribution in [3.8, 4) is 0 Å². The fourth-order valence-electron chi connectivity index (χ4n) is 2.86. The molecule has 2 heterocycles. The Labute approximate surface area is 143 Å². The lowest BCUT2D eigenvalue weighted by atomic mass is 10.2. The first-order chi connectivity index (χ1) is 11.2. The standard InChI is InChI=1S/C16H20N2O3S2/c1-3-4-8-18-15(20)13-10-6-5-7-11(10)23-14(13)17-16(18)22-9-12(19)21-2/h3-9H2,1-2H3. The second-order valence-corrected chi connectivity index (χ2v) is 7.63. The predicted molar refractivity (Wildman–Crippen MR) is 93.6 cm³/mol. The highest BCUT2D eigenvalue weighted by atomic mass is 32.2. The summed E-state index contributed by atoms with van der Waals surface area (Å²) in [5.41, 5.74) is 1.26. The minimum absolute atomic E-state index is 0.0511. The van der Waals surface area contributed by atoms with E-state index in [1.807, 2.05) is 0 Å². The van der Waals surface area contributed by atoms with E-state index in [0.29, 0.717) is 11.7 Å². The Hall–Kier alpha value is -1.34. The molecule has 0 unspecified atom stereocenters. The van der Waals surface area contributed by atoms with Gasteiger partial charge in [-0.25, -0.2) is 4.98 Å². The van der Waals surface area contributed by atoms with E-state index in [-0.39, 0.29) is 17.3 Å². The van der Waals surface area contributed by atoms with Gasteiger partial charge in [0.05, 0.1) is 18.2 Å². The average Bonchev–Trinajstić information content (AvgIpc) is 3.12. The number of unbranched alkanes of at least 4 members (excludes halogenated alkanes) is 1. The first-order valence-electron chi connectivity index (χ1n) is 7.90. The Morgan fingerprint density at radius 2 is 2.26 bits per heavy atom. The molecular formula is C16H20N2O3S2. The van der Waals surface area contributed by atoms with Crippen LogP contribution < -0.4 is 5.56 Å². The summed E-state index contributed by atoms with van der Waals surface area (Å²) in [5.74, 6) is -0.133. The minimum atomic E-state index is -0.305. The number of aromatic nitrogens is 2. The third-order valence-corrected chi connectivity index (χ3v) is 6.21. The van der Waals surface area contributed by atoms with Crippen LogP contribution in [0.1, 0.15) is 36.6 Å². The highest BCUT2D eigenvalue weighted by Crippen LogP contribution is 2.35. The Bertz CT molecular complexity index is 795. The number of methoxy groups -OCH3 is 1. The van der Waals surface area contributed by atoms with E-state index in [2.05, 4.69) is 11.7 Å². The summed E-state index contributed by atoms with van der Waals surface area (Å²) in [4.78, 5) is 31.2. The summed E-state index contributed by atoms with van der Waals surface area (Å²) >= 11 is 2.92. The molecule has 5 nitrogen and oxygen atoms in total. The van der Waals surface area contributed by atoms with Gasteiger partial charge in [-0.05, 0) is 31.2 Å². The SMILES string of the molecule is CCCCn1c(SCC(=O)OC)nc2sc3c(c2c1=O)CCC3. The van der Waals surface area contributed by atoms with Crippen molar-refractivity contribution in [1.29, 1.82) is 0 Å². The lowest BCUT2D eigenvalue weighted by Crippen LogP contribution is -2.24. The van der Waals surface area contributed by atoms with Crippen LogP contribution in [0.2, 0.25) is 0 Å². The number of fused-ring (bicyclic) bond motifs is 3. The van der Waals surface area contributed by atoms with E-state index >= 15 is 0 Å². The smallest absolute Gasteiger partial charge is 0.316 e. The van der Waals surface area contributed by atoms with Gasteiger partial charge in [-0.1, -0.05) is 25.1 Å². The van der Waals surface area contributed by atoms with Crippen molar-refractivity contribution < 1.29 is 9.53 Å². The van der Waals surface area contributed by atoms with Crippen molar-refractivity contribution in [2.45, 2.75) is 50.7 Å². The van der Waals surface area contributed by atoms with E-state index < -0.39 is 0 Å². The Morgan fingerprint density at radius 3 is 3.00 bits per heavy atom. The normalized spacial score (nSPS) is 13.5. The molecule has 0 aliphatic heterocycles. The van der Waals surface area contributed by atoms with Crippen molar-refractivity contribution in [1.82, 2.24) is 9.55 Å². The van der Waals surface area contributed by atoms with Crippen LogP contribution >= 0.6 is 23.1 Å². The van der Waals surface area contributed by atoms with E-state index in [1.54, 1.807) is 15.9 Å². The van der Waals surface area contributed by atoms with Gasteiger partial charge < -0.3 is 4.74 Å². The zero-order valence-corrected chi connectivity index (χ0v) is 15.0. The maximum absolute atomic E-state index is 13.0. The van der Waals surface area contributed by atoms with Crippen LogP contribution in [0.3, 0.4) is 0 Å². The Balaban J connectivity index is 2.06. The van der Waals surface area contributed by atoms with Gasteiger partial charge in [0.1, 0.15) is 4.83 Å². The molecular weight excluding hydrogens is 332 g/mol. The molecule has 7 heteroatoms. The van der Waals surface area contributed by atoms with E-state index in [4.69, 9.17) is 4.98 Å². The summed E-state index contributed by atoms with van der Waals surface area (Å²) in [6.07, 6.45) is 5.09. The van der Waals surface area contributed by atoms with Gasteiger partial charge in [-0.2, -0.15) is 0 Å². The lowest BCUT2D eigenvalue weighted by Gasteiger charge is -2.11. The van der Waals surface area contributed by atoms with Crippen molar-refractivity contribution in [3.63, 3.8) is 0 Å². The van der Waals surface area contributed by atoms with Gasteiger partial charge in [-0.15, -0.1) is 11.3 Å². The zero-order valence-electron chi connectivity index (χ0n) is 13.4. The summed E-state index contributed by atoms with van der Waals surface area (Å²) in [7, 11) is 1.37. The summed E-state index contributed by atoms with van der Waals surface area (Å²) in [6, 6.07) is 0. The third-order valence-electron chi connectivity index (χ3n) is 4.07. The fraction of sp³-hybridized carbons (Fsp3) is 0.562. The predicted octanol–water partition coefficient (Wildman–Crippen LogP) is 3.01. The first-order valence-corrected chi connectivity index (χ1v) is 9.70. The molecule has 0 atom stereocenters. The molecule has 0 spiro atoms. The lowest BCUT2D eigenvalue weighted by molar-refractivity contribution is -0.137. The molecule has 0 N–H and O–H groups in total. The molecule has 0 amide bonds. The number of aryl methyl sites for hydroxylation is 2. The van der Waals surface area contributed by atoms with Gasteiger partial charge in [0.25, 0.3) is 5.56 Å². The number of hydrogen-bond donors (Lipinski definition) is 0. The molecule has 23 heavy (non-hydrogen) atoms. The number of rotatable bonds is 6.